The van der Waals surface area contributed by atoms with E-state index in [-0.39, 0.29) is 5.41 Å². The van der Waals surface area contributed by atoms with Crippen LogP contribution in [0.1, 0.15) is 29.8 Å². The van der Waals surface area contributed by atoms with Gasteiger partial charge in [-0.3, -0.25) is 4.79 Å². The summed E-state index contributed by atoms with van der Waals surface area (Å²) in [7, 11) is 0. The zero-order chi connectivity index (χ0) is 17.6. The Hall–Kier alpha value is -1.85. The van der Waals surface area contributed by atoms with Gasteiger partial charge in [-0.2, -0.15) is 0 Å². The molecule has 0 saturated heterocycles. The normalized spacial score (nSPS) is 11.3. The Morgan fingerprint density at radius 3 is 2.58 bits per heavy atom. The third kappa shape index (κ3) is 5.65. The summed E-state index contributed by atoms with van der Waals surface area (Å²) in [6.07, 6.45) is 0. The Kier molecular flexibility index (Phi) is 6.40. The first-order valence-corrected chi connectivity index (χ1v) is 8.63. The van der Waals surface area contributed by atoms with Gasteiger partial charge in [-0.25, -0.2) is 0 Å². The van der Waals surface area contributed by atoms with Crippen LogP contribution in [0.15, 0.2) is 53.0 Å². The van der Waals surface area contributed by atoms with Crippen LogP contribution in [-0.4, -0.2) is 19.1 Å². The molecule has 0 fully saturated rings. The highest BCUT2D eigenvalue weighted by Crippen LogP contribution is 2.25. The Morgan fingerprint density at radius 2 is 1.92 bits per heavy atom. The van der Waals surface area contributed by atoms with E-state index in [4.69, 9.17) is 10.5 Å². The number of hydrogen-bond acceptors (Lipinski definition) is 3. The van der Waals surface area contributed by atoms with Gasteiger partial charge in [-0.05, 0) is 23.8 Å². The molecular weight excluding hydrogens is 368 g/mol. The second-order valence-corrected chi connectivity index (χ2v) is 7.46. The molecule has 0 bridgehead atoms. The molecule has 2 aromatic rings. The van der Waals surface area contributed by atoms with Crippen molar-refractivity contribution in [1.82, 2.24) is 5.32 Å². The zero-order valence-electron chi connectivity index (χ0n) is 14.0. The lowest BCUT2D eigenvalue weighted by Crippen LogP contribution is -2.34. The SMILES string of the molecule is CC(C)(CNCc1ccccc1)COc1cc(Br)ccc1C(N)=O. The van der Waals surface area contributed by atoms with E-state index in [0.717, 1.165) is 17.6 Å². The molecule has 0 saturated carbocycles. The Bertz CT molecular complexity index is 687. The first-order valence-electron chi connectivity index (χ1n) is 7.84. The van der Waals surface area contributed by atoms with Crippen LogP contribution >= 0.6 is 15.9 Å². The van der Waals surface area contributed by atoms with Gasteiger partial charge in [-0.15, -0.1) is 0 Å². The smallest absolute Gasteiger partial charge is 0.252 e. The number of amides is 1. The first-order chi connectivity index (χ1) is 11.4. The van der Waals surface area contributed by atoms with Gasteiger partial charge in [-0.1, -0.05) is 60.1 Å². The first kappa shape index (κ1) is 18.5. The van der Waals surface area contributed by atoms with Crippen molar-refractivity contribution in [2.24, 2.45) is 11.1 Å². The number of benzene rings is 2. The second kappa shape index (κ2) is 8.31. The summed E-state index contributed by atoms with van der Waals surface area (Å²) >= 11 is 3.39. The zero-order valence-corrected chi connectivity index (χ0v) is 15.6. The fraction of sp³-hybridized carbons (Fsp3) is 0.316. The van der Waals surface area contributed by atoms with E-state index in [0.29, 0.717) is 17.9 Å². The molecule has 0 atom stereocenters. The molecule has 2 rings (SSSR count). The summed E-state index contributed by atoms with van der Waals surface area (Å²) in [4.78, 5) is 11.5. The number of nitrogens with one attached hydrogen (secondary N) is 1. The predicted octanol–water partition coefficient (Wildman–Crippen LogP) is 3.74. The highest BCUT2D eigenvalue weighted by Gasteiger charge is 2.20. The van der Waals surface area contributed by atoms with Crippen molar-refractivity contribution in [3.63, 3.8) is 0 Å². The standard InChI is InChI=1S/C19H23BrN2O2/c1-19(2,12-22-11-14-6-4-3-5-7-14)13-24-17-10-15(20)8-9-16(17)18(21)23/h3-10,22H,11-13H2,1-2H3,(H2,21,23). The van der Waals surface area contributed by atoms with Crippen molar-refractivity contribution >= 4 is 21.8 Å². The molecule has 0 radical (unpaired) electrons. The van der Waals surface area contributed by atoms with Crippen LogP contribution in [0.4, 0.5) is 0 Å². The van der Waals surface area contributed by atoms with Gasteiger partial charge in [0, 0.05) is 23.0 Å². The highest BCUT2D eigenvalue weighted by atomic mass is 79.9. The number of carbonyl (C=O) groups is 1. The minimum absolute atomic E-state index is 0.0913. The van der Waals surface area contributed by atoms with Crippen LogP contribution in [-0.2, 0) is 6.54 Å². The summed E-state index contributed by atoms with van der Waals surface area (Å²) in [6, 6.07) is 15.5. The van der Waals surface area contributed by atoms with E-state index >= 15 is 0 Å². The van der Waals surface area contributed by atoms with Crippen molar-refractivity contribution in [2.45, 2.75) is 20.4 Å². The number of rotatable bonds is 8. The number of ether oxygens (including phenoxy) is 1. The number of carbonyl (C=O) groups excluding carboxylic acids is 1. The number of nitrogens with two attached hydrogens (primary N) is 1. The Morgan fingerprint density at radius 1 is 1.21 bits per heavy atom. The topological polar surface area (TPSA) is 64.3 Å². The van der Waals surface area contributed by atoms with E-state index < -0.39 is 5.91 Å². The molecule has 0 unspecified atom stereocenters. The summed E-state index contributed by atoms with van der Waals surface area (Å²) in [5, 5.41) is 3.45. The maximum absolute atomic E-state index is 11.5. The van der Waals surface area contributed by atoms with Gasteiger partial charge in [0.1, 0.15) is 5.75 Å². The molecule has 4 nitrogen and oxygen atoms in total. The number of primary amides is 1. The van der Waals surface area contributed by atoms with Crippen LogP contribution in [0.25, 0.3) is 0 Å². The third-order valence-corrected chi connectivity index (χ3v) is 4.10. The molecule has 5 heteroatoms. The summed E-state index contributed by atoms with van der Waals surface area (Å²) < 4.78 is 6.73. The lowest BCUT2D eigenvalue weighted by Gasteiger charge is -2.26. The van der Waals surface area contributed by atoms with Gasteiger partial charge in [0.15, 0.2) is 0 Å². The molecule has 0 aliphatic rings. The summed E-state index contributed by atoms with van der Waals surface area (Å²) in [6.45, 7) is 6.32. The third-order valence-electron chi connectivity index (χ3n) is 3.60. The molecule has 1 amide bonds. The van der Waals surface area contributed by atoms with E-state index in [2.05, 4.69) is 47.2 Å². The molecule has 0 aliphatic heterocycles. The maximum Gasteiger partial charge on any atom is 0.252 e. The molecule has 128 valence electrons. The minimum Gasteiger partial charge on any atom is -0.492 e. The van der Waals surface area contributed by atoms with Crippen molar-refractivity contribution in [3.05, 3.63) is 64.1 Å². The van der Waals surface area contributed by atoms with Crippen LogP contribution < -0.4 is 15.8 Å². The Balaban J connectivity index is 1.90. The lowest BCUT2D eigenvalue weighted by molar-refractivity contribution is 0.0992. The van der Waals surface area contributed by atoms with Crippen LogP contribution in [0.2, 0.25) is 0 Å². The number of halogens is 1. The molecule has 3 N–H and O–H groups in total. The number of hydrogen-bond donors (Lipinski definition) is 2. The predicted molar refractivity (Wildman–Crippen MR) is 100 cm³/mol. The van der Waals surface area contributed by atoms with Crippen LogP contribution in [0, 0.1) is 5.41 Å². The van der Waals surface area contributed by atoms with Gasteiger partial charge in [0.25, 0.3) is 5.91 Å². The molecule has 0 aliphatic carbocycles. The monoisotopic (exact) mass is 390 g/mol. The average molecular weight is 391 g/mol. The van der Waals surface area contributed by atoms with Crippen molar-refractivity contribution < 1.29 is 9.53 Å². The quantitative estimate of drug-likeness (QED) is 0.721. The van der Waals surface area contributed by atoms with E-state index in [1.165, 1.54) is 5.56 Å². The van der Waals surface area contributed by atoms with Gasteiger partial charge < -0.3 is 15.8 Å². The molecular formula is C19H23BrN2O2. The molecule has 24 heavy (non-hydrogen) atoms. The van der Waals surface area contributed by atoms with Crippen molar-refractivity contribution in [3.8, 4) is 5.75 Å². The fourth-order valence-electron chi connectivity index (χ4n) is 2.28. The van der Waals surface area contributed by atoms with Gasteiger partial charge >= 0.3 is 0 Å². The van der Waals surface area contributed by atoms with E-state index in [1.54, 1.807) is 18.2 Å². The summed E-state index contributed by atoms with van der Waals surface area (Å²) in [5.41, 5.74) is 6.95. The van der Waals surface area contributed by atoms with Crippen molar-refractivity contribution in [2.75, 3.05) is 13.2 Å². The minimum atomic E-state index is -0.488. The van der Waals surface area contributed by atoms with Gasteiger partial charge in [0.2, 0.25) is 0 Å². The van der Waals surface area contributed by atoms with Crippen LogP contribution in [0.5, 0.6) is 5.75 Å². The largest absolute Gasteiger partial charge is 0.492 e. The molecule has 2 aromatic carbocycles. The van der Waals surface area contributed by atoms with Crippen molar-refractivity contribution in [1.29, 1.82) is 0 Å². The average Bonchev–Trinajstić information content (AvgIpc) is 2.54. The van der Waals surface area contributed by atoms with Crippen LogP contribution in [0.3, 0.4) is 0 Å². The van der Waals surface area contributed by atoms with Gasteiger partial charge in [0.05, 0.1) is 12.2 Å². The van der Waals surface area contributed by atoms with E-state index in [1.807, 2.05) is 18.2 Å². The molecule has 0 heterocycles. The van der Waals surface area contributed by atoms with E-state index in [9.17, 15) is 4.79 Å². The summed E-state index contributed by atoms with van der Waals surface area (Å²) in [5.74, 6) is 0.0190. The molecule has 0 aromatic heterocycles. The fourth-order valence-corrected chi connectivity index (χ4v) is 2.62. The highest BCUT2D eigenvalue weighted by molar-refractivity contribution is 9.10. The second-order valence-electron chi connectivity index (χ2n) is 6.55. The maximum atomic E-state index is 11.5. The Labute approximate surface area is 151 Å². The molecule has 0 spiro atoms. The lowest BCUT2D eigenvalue weighted by atomic mass is 9.94.